The molecule has 0 aliphatic carbocycles. The molecule has 2 rings (SSSR count). The van der Waals surface area contributed by atoms with Gasteiger partial charge in [0.25, 0.3) is 11.7 Å². The summed E-state index contributed by atoms with van der Waals surface area (Å²) in [6.45, 7) is 5.54. The van der Waals surface area contributed by atoms with E-state index in [1.165, 1.54) is 17.1 Å². The van der Waals surface area contributed by atoms with Gasteiger partial charge in [0.1, 0.15) is 0 Å². The van der Waals surface area contributed by atoms with E-state index in [2.05, 4.69) is 10.4 Å². The van der Waals surface area contributed by atoms with E-state index >= 15 is 0 Å². The average Bonchev–Trinajstić information content (AvgIpc) is 3.09. The van der Waals surface area contributed by atoms with Crippen LogP contribution in [0.4, 0.5) is 0 Å². The van der Waals surface area contributed by atoms with E-state index in [9.17, 15) is 14.7 Å². The largest absolute Gasteiger partial charge is 0.388 e. The summed E-state index contributed by atoms with van der Waals surface area (Å²) in [5.74, 6) is -1.41. The van der Waals surface area contributed by atoms with Crippen molar-refractivity contribution in [3.05, 3.63) is 48.3 Å². The predicted molar refractivity (Wildman–Crippen MR) is 91.0 cm³/mol. The molecule has 2 atom stereocenters. The van der Waals surface area contributed by atoms with E-state index in [-0.39, 0.29) is 18.0 Å². The summed E-state index contributed by atoms with van der Waals surface area (Å²) in [5.41, 5.74) is -0.0463. The lowest BCUT2D eigenvalue weighted by atomic mass is 9.88. The van der Waals surface area contributed by atoms with E-state index in [0.29, 0.717) is 0 Å². The number of nitrogens with one attached hydrogen (secondary N) is 1. The Morgan fingerprint density at radius 1 is 1.33 bits per heavy atom. The minimum atomic E-state index is -1.06. The van der Waals surface area contributed by atoms with Crippen LogP contribution in [0.25, 0.3) is 5.69 Å². The van der Waals surface area contributed by atoms with E-state index in [4.69, 9.17) is 0 Å². The number of ketones is 1. The molecule has 1 aromatic heterocycles. The first-order valence-corrected chi connectivity index (χ1v) is 8.00. The van der Waals surface area contributed by atoms with Crippen molar-refractivity contribution in [2.45, 2.75) is 32.8 Å². The highest BCUT2D eigenvalue weighted by Crippen LogP contribution is 2.18. The smallest absolute Gasteiger partial charge is 0.292 e. The van der Waals surface area contributed by atoms with Crippen LogP contribution in [0.3, 0.4) is 0 Å². The van der Waals surface area contributed by atoms with Crippen molar-refractivity contribution in [1.82, 2.24) is 15.1 Å². The second kappa shape index (κ2) is 7.40. The Morgan fingerprint density at radius 2 is 2.00 bits per heavy atom. The molecule has 0 saturated heterocycles. The van der Waals surface area contributed by atoms with Gasteiger partial charge in [-0.1, -0.05) is 38.5 Å². The molecule has 2 N–H and O–H groups in total. The fourth-order valence-electron chi connectivity index (χ4n) is 2.25. The Labute approximate surface area is 141 Å². The van der Waals surface area contributed by atoms with Crippen LogP contribution in [0, 0.1) is 5.92 Å². The van der Waals surface area contributed by atoms with Crippen LogP contribution in [0.2, 0.25) is 0 Å². The highest BCUT2D eigenvalue weighted by atomic mass is 16.3. The molecule has 0 aliphatic rings. The molecule has 1 aromatic carbocycles. The zero-order valence-electron chi connectivity index (χ0n) is 14.2. The first-order valence-electron chi connectivity index (χ1n) is 8.00. The Kier molecular flexibility index (Phi) is 5.51. The maximum Gasteiger partial charge on any atom is 0.292 e. The van der Waals surface area contributed by atoms with Crippen LogP contribution in [0.1, 0.15) is 37.6 Å². The van der Waals surface area contributed by atoms with Gasteiger partial charge in [0, 0.05) is 12.7 Å². The van der Waals surface area contributed by atoms with Gasteiger partial charge < -0.3 is 10.4 Å². The van der Waals surface area contributed by atoms with Gasteiger partial charge in [-0.25, -0.2) is 4.68 Å². The van der Waals surface area contributed by atoms with Crippen LogP contribution < -0.4 is 5.32 Å². The van der Waals surface area contributed by atoms with Gasteiger partial charge in [-0.2, -0.15) is 5.10 Å². The first kappa shape index (κ1) is 17.9. The molecule has 128 valence electrons. The van der Waals surface area contributed by atoms with Gasteiger partial charge in [-0.15, -0.1) is 0 Å². The molecule has 6 heteroatoms. The maximum atomic E-state index is 12.2. The van der Waals surface area contributed by atoms with Gasteiger partial charge in [-0.05, 0) is 25.0 Å². The van der Waals surface area contributed by atoms with Crippen LogP contribution in [0.5, 0.6) is 0 Å². The highest BCUT2D eigenvalue weighted by Gasteiger charge is 2.29. The zero-order chi connectivity index (χ0) is 17.7. The Hall–Kier alpha value is -2.47. The van der Waals surface area contributed by atoms with Crippen molar-refractivity contribution in [3.63, 3.8) is 0 Å². The summed E-state index contributed by atoms with van der Waals surface area (Å²) in [6.07, 6.45) is 3.66. The quantitative estimate of drug-likeness (QED) is 0.601. The number of carbonyl (C=O) groups is 2. The van der Waals surface area contributed by atoms with Crippen molar-refractivity contribution < 1.29 is 14.7 Å². The number of hydrogen-bond acceptors (Lipinski definition) is 4. The van der Waals surface area contributed by atoms with Crippen molar-refractivity contribution in [1.29, 1.82) is 0 Å². The summed E-state index contributed by atoms with van der Waals surface area (Å²) in [7, 11) is 0. The summed E-state index contributed by atoms with van der Waals surface area (Å²) in [4.78, 5) is 24.2. The summed E-state index contributed by atoms with van der Waals surface area (Å²) in [6, 6.07) is 9.31. The van der Waals surface area contributed by atoms with Crippen LogP contribution in [-0.4, -0.2) is 38.7 Å². The Bertz CT molecular complexity index is 707. The number of nitrogens with zero attached hydrogens (tertiary/aromatic N) is 2. The van der Waals surface area contributed by atoms with Gasteiger partial charge in [0.15, 0.2) is 0 Å². The molecular weight excluding hydrogens is 306 g/mol. The Balaban J connectivity index is 2.02. The van der Waals surface area contributed by atoms with Gasteiger partial charge in [0.05, 0.1) is 23.0 Å². The molecule has 6 nitrogen and oxygen atoms in total. The average molecular weight is 329 g/mol. The van der Waals surface area contributed by atoms with Gasteiger partial charge in [-0.3, -0.25) is 9.59 Å². The van der Waals surface area contributed by atoms with Crippen LogP contribution in [-0.2, 0) is 4.79 Å². The number of para-hydroxylation sites is 1. The third-order valence-electron chi connectivity index (χ3n) is 4.35. The van der Waals surface area contributed by atoms with Gasteiger partial charge >= 0.3 is 0 Å². The van der Waals surface area contributed by atoms with Crippen LogP contribution >= 0.6 is 0 Å². The maximum absolute atomic E-state index is 12.2. The number of aromatic nitrogens is 2. The normalized spacial score (nSPS) is 14.7. The second-order valence-corrected chi connectivity index (χ2v) is 6.19. The standard InChI is InChI=1S/C18H23N3O3/c1-4-13(2)18(3,24)12-19-17(23)16(22)14-10-20-21(11-14)15-8-6-5-7-9-15/h5-11,13,24H,4,12H2,1-3H3,(H,19,23). The van der Waals surface area contributed by atoms with Gasteiger partial charge in [0.2, 0.25) is 0 Å². The Morgan fingerprint density at radius 3 is 2.62 bits per heavy atom. The predicted octanol–water partition coefficient (Wildman–Crippen LogP) is 1.97. The zero-order valence-corrected chi connectivity index (χ0v) is 14.2. The lowest BCUT2D eigenvalue weighted by molar-refractivity contribution is -0.118. The number of aliphatic hydroxyl groups is 1. The lowest BCUT2D eigenvalue weighted by Gasteiger charge is -2.29. The van der Waals surface area contributed by atoms with Crippen molar-refractivity contribution in [3.8, 4) is 5.69 Å². The number of carbonyl (C=O) groups excluding carboxylic acids is 2. The molecule has 0 aliphatic heterocycles. The number of benzene rings is 1. The minimum absolute atomic E-state index is 0.00809. The van der Waals surface area contributed by atoms with Crippen molar-refractivity contribution in [2.24, 2.45) is 5.92 Å². The molecule has 1 heterocycles. The number of hydrogen-bond donors (Lipinski definition) is 2. The molecule has 0 radical (unpaired) electrons. The van der Waals surface area contributed by atoms with E-state index in [1.54, 1.807) is 6.92 Å². The van der Waals surface area contributed by atoms with E-state index in [0.717, 1.165) is 12.1 Å². The summed E-state index contributed by atoms with van der Waals surface area (Å²) < 4.78 is 1.54. The molecule has 2 aromatic rings. The molecule has 0 bridgehead atoms. The molecule has 0 fully saturated rings. The van der Waals surface area contributed by atoms with E-state index < -0.39 is 17.3 Å². The topological polar surface area (TPSA) is 84.2 Å². The number of amides is 1. The lowest BCUT2D eigenvalue weighted by Crippen LogP contribution is -2.46. The molecule has 0 saturated carbocycles. The monoisotopic (exact) mass is 329 g/mol. The number of Topliss-reactive ketones (excluding diaryl/α,β-unsaturated/α-hetero) is 1. The molecule has 1 amide bonds. The summed E-state index contributed by atoms with van der Waals surface area (Å²) in [5, 5.41) is 16.9. The third-order valence-corrected chi connectivity index (χ3v) is 4.35. The minimum Gasteiger partial charge on any atom is -0.388 e. The SMILES string of the molecule is CCC(C)C(C)(O)CNC(=O)C(=O)c1cnn(-c2ccccc2)c1. The van der Waals surface area contributed by atoms with Crippen LogP contribution in [0.15, 0.2) is 42.7 Å². The fourth-order valence-corrected chi connectivity index (χ4v) is 2.25. The molecular formula is C18H23N3O3. The fraction of sp³-hybridized carbons (Fsp3) is 0.389. The molecule has 0 spiro atoms. The first-order chi connectivity index (χ1) is 11.3. The van der Waals surface area contributed by atoms with E-state index in [1.807, 2.05) is 44.2 Å². The molecule has 2 unspecified atom stereocenters. The molecule has 24 heavy (non-hydrogen) atoms. The number of rotatable bonds is 7. The van der Waals surface area contributed by atoms with Crippen molar-refractivity contribution >= 4 is 11.7 Å². The second-order valence-electron chi connectivity index (χ2n) is 6.19. The summed E-state index contributed by atoms with van der Waals surface area (Å²) >= 11 is 0. The van der Waals surface area contributed by atoms with Crippen molar-refractivity contribution in [2.75, 3.05) is 6.54 Å². The highest BCUT2D eigenvalue weighted by molar-refractivity contribution is 6.42. The third kappa shape index (κ3) is 4.08.